The molecular weight excluding hydrogens is 318 g/mol. The van der Waals surface area contributed by atoms with E-state index < -0.39 is 11.9 Å². The van der Waals surface area contributed by atoms with Crippen LogP contribution in [0.3, 0.4) is 0 Å². The average molecular weight is 331 g/mol. The van der Waals surface area contributed by atoms with Crippen molar-refractivity contribution in [1.29, 1.82) is 0 Å². The second-order valence-corrected chi connectivity index (χ2v) is 4.69. The van der Waals surface area contributed by atoms with Gasteiger partial charge in [0.25, 0.3) is 0 Å². The van der Waals surface area contributed by atoms with Crippen molar-refractivity contribution in [3.63, 3.8) is 0 Å². The zero-order valence-electron chi connectivity index (χ0n) is 12.9. The molecule has 0 N–H and O–H groups in total. The maximum atomic E-state index is 11.6. The minimum atomic E-state index is -0.574. The summed E-state index contributed by atoms with van der Waals surface area (Å²) >= 11 is 0. The molecule has 24 heavy (non-hydrogen) atoms. The molecule has 0 aliphatic heterocycles. The van der Waals surface area contributed by atoms with Crippen molar-refractivity contribution in [1.82, 2.24) is 15.2 Å². The molecule has 0 bridgehead atoms. The number of nitrogens with zero attached hydrogens (tertiary/aromatic N) is 3. The number of methoxy groups -OCH3 is 2. The third-order valence-corrected chi connectivity index (χ3v) is 3.21. The number of carbonyl (C=O) groups excluding carboxylic acids is 2. The zero-order chi connectivity index (χ0) is 17.1. The summed E-state index contributed by atoms with van der Waals surface area (Å²) in [6.07, 6.45) is 0. The fourth-order valence-corrected chi connectivity index (χ4v) is 2.03. The largest absolute Gasteiger partial charge is 0.465 e. The van der Waals surface area contributed by atoms with E-state index >= 15 is 0 Å². The first-order chi connectivity index (χ1) is 11.6. The number of fused-ring (bicyclic) bond motifs is 1. The lowest BCUT2D eigenvalue weighted by molar-refractivity contribution is 0.0521. The van der Waals surface area contributed by atoms with Crippen LogP contribution in [0.1, 0.15) is 26.7 Å². The molecular formula is C15H13N3O6. The molecule has 2 heterocycles. The lowest BCUT2D eigenvalue weighted by Crippen LogP contribution is -2.13. The van der Waals surface area contributed by atoms with Crippen LogP contribution in [-0.4, -0.2) is 41.3 Å². The first-order valence-corrected chi connectivity index (χ1v) is 6.86. The van der Waals surface area contributed by atoms with E-state index in [2.05, 4.69) is 19.8 Å². The minimum absolute atomic E-state index is 0.0118. The van der Waals surface area contributed by atoms with E-state index in [0.29, 0.717) is 22.4 Å². The summed E-state index contributed by atoms with van der Waals surface area (Å²) in [5.41, 5.74) is 1.40. The Labute approximate surface area is 135 Å². The Hall–Kier alpha value is -3.36. The van der Waals surface area contributed by atoms with Gasteiger partial charge in [-0.2, -0.15) is 0 Å². The molecule has 1 aromatic carbocycles. The predicted molar refractivity (Wildman–Crippen MR) is 79.2 cm³/mol. The number of benzene rings is 1. The lowest BCUT2D eigenvalue weighted by atomic mass is 10.2. The Morgan fingerprint density at radius 2 is 1.92 bits per heavy atom. The van der Waals surface area contributed by atoms with E-state index in [-0.39, 0.29) is 12.4 Å². The Morgan fingerprint density at radius 3 is 2.67 bits per heavy atom. The van der Waals surface area contributed by atoms with E-state index in [9.17, 15) is 9.59 Å². The van der Waals surface area contributed by atoms with Crippen molar-refractivity contribution in [2.24, 2.45) is 0 Å². The molecule has 9 heteroatoms. The van der Waals surface area contributed by atoms with E-state index in [1.807, 2.05) is 0 Å². The van der Waals surface area contributed by atoms with Gasteiger partial charge >= 0.3 is 11.9 Å². The van der Waals surface area contributed by atoms with E-state index in [0.717, 1.165) is 0 Å². The van der Waals surface area contributed by atoms with Crippen molar-refractivity contribution in [2.45, 2.75) is 6.61 Å². The van der Waals surface area contributed by atoms with Gasteiger partial charge in [-0.25, -0.2) is 9.59 Å². The highest BCUT2D eigenvalue weighted by Crippen LogP contribution is 2.15. The highest BCUT2D eigenvalue weighted by Gasteiger charge is 2.14. The van der Waals surface area contributed by atoms with Gasteiger partial charge in [0.2, 0.25) is 5.76 Å². The first-order valence-electron chi connectivity index (χ1n) is 6.86. The maximum absolute atomic E-state index is 11.6. The van der Waals surface area contributed by atoms with Crippen LogP contribution < -0.4 is 4.84 Å². The monoisotopic (exact) mass is 331 g/mol. The zero-order valence-corrected chi connectivity index (χ0v) is 12.9. The lowest BCUT2D eigenvalue weighted by Gasteiger charge is -2.04. The fraction of sp³-hybridized carbons (Fsp3) is 0.200. The molecule has 124 valence electrons. The summed E-state index contributed by atoms with van der Waals surface area (Å²) in [5, 5.41) is 7.79. The molecule has 0 aliphatic carbocycles. The molecule has 3 rings (SSSR count). The molecule has 0 amide bonds. The molecule has 0 radical (unpaired) electrons. The van der Waals surface area contributed by atoms with Crippen molar-refractivity contribution in [3.05, 3.63) is 47.4 Å². The Bertz CT molecular complexity index is 898. The number of hydrogen-bond donors (Lipinski definition) is 0. The molecule has 0 spiro atoms. The molecule has 2 aromatic heterocycles. The number of esters is 2. The van der Waals surface area contributed by atoms with E-state index in [4.69, 9.17) is 9.25 Å². The Morgan fingerprint density at radius 1 is 1.12 bits per heavy atom. The molecule has 9 nitrogen and oxygen atoms in total. The summed E-state index contributed by atoms with van der Waals surface area (Å²) < 4.78 is 14.5. The van der Waals surface area contributed by atoms with Crippen LogP contribution >= 0.6 is 0 Å². The van der Waals surface area contributed by atoms with Gasteiger partial charge in [0.15, 0.2) is 6.61 Å². The summed E-state index contributed by atoms with van der Waals surface area (Å²) in [5.74, 6) is -0.565. The predicted octanol–water partition coefficient (Wildman–Crippen LogP) is 1.23. The van der Waals surface area contributed by atoms with Crippen molar-refractivity contribution in [2.75, 3.05) is 14.2 Å². The summed E-state index contributed by atoms with van der Waals surface area (Å²) in [6.45, 7) is 0.0118. The summed E-state index contributed by atoms with van der Waals surface area (Å²) in [6, 6.07) is 7.85. The number of furan rings is 1. The van der Waals surface area contributed by atoms with Crippen LogP contribution in [0.4, 0.5) is 0 Å². The van der Waals surface area contributed by atoms with Crippen molar-refractivity contribution >= 4 is 23.0 Å². The third kappa shape index (κ3) is 2.91. The topological polar surface area (TPSA) is 106 Å². The van der Waals surface area contributed by atoms with Crippen LogP contribution in [-0.2, 0) is 16.1 Å². The van der Waals surface area contributed by atoms with Gasteiger partial charge in [-0.3, -0.25) is 0 Å². The third-order valence-electron chi connectivity index (χ3n) is 3.21. The average Bonchev–Trinajstić information content (AvgIpc) is 3.24. The Balaban J connectivity index is 1.78. The quantitative estimate of drug-likeness (QED) is 0.643. The second kappa shape index (κ2) is 6.41. The van der Waals surface area contributed by atoms with Gasteiger partial charge in [-0.15, -0.1) is 5.10 Å². The van der Waals surface area contributed by atoms with Crippen LogP contribution in [0, 0.1) is 0 Å². The minimum Gasteiger partial charge on any atom is -0.465 e. The SMILES string of the molecule is COC(=O)c1ccc2nnn(OCc3ccc(C(=O)OC)o3)c2c1. The van der Waals surface area contributed by atoms with Gasteiger partial charge in [-0.05, 0) is 35.5 Å². The highest BCUT2D eigenvalue weighted by molar-refractivity contribution is 5.93. The first kappa shape index (κ1) is 15.5. The van der Waals surface area contributed by atoms with Crippen LogP contribution in [0.25, 0.3) is 11.0 Å². The van der Waals surface area contributed by atoms with Gasteiger partial charge in [-0.1, -0.05) is 4.85 Å². The molecule has 0 unspecified atom stereocenters. The molecule has 0 saturated carbocycles. The number of rotatable bonds is 5. The van der Waals surface area contributed by atoms with Gasteiger partial charge < -0.3 is 18.7 Å². The number of hydrogen-bond acceptors (Lipinski definition) is 8. The van der Waals surface area contributed by atoms with Gasteiger partial charge in [0.05, 0.1) is 19.8 Å². The maximum Gasteiger partial charge on any atom is 0.373 e. The number of aromatic nitrogens is 3. The molecule has 0 atom stereocenters. The Kier molecular flexibility index (Phi) is 4.15. The van der Waals surface area contributed by atoms with E-state index in [1.54, 1.807) is 24.3 Å². The summed E-state index contributed by atoms with van der Waals surface area (Å²) in [4.78, 5) is 29.6. The smallest absolute Gasteiger partial charge is 0.373 e. The van der Waals surface area contributed by atoms with Crippen LogP contribution in [0.15, 0.2) is 34.7 Å². The summed E-state index contributed by atoms with van der Waals surface area (Å²) in [7, 11) is 2.57. The normalized spacial score (nSPS) is 10.6. The van der Waals surface area contributed by atoms with E-state index in [1.165, 1.54) is 25.1 Å². The van der Waals surface area contributed by atoms with Gasteiger partial charge in [0, 0.05) is 0 Å². The highest BCUT2D eigenvalue weighted by atomic mass is 16.7. The van der Waals surface area contributed by atoms with Crippen LogP contribution in [0.2, 0.25) is 0 Å². The number of carbonyl (C=O) groups is 2. The fourth-order valence-electron chi connectivity index (χ4n) is 2.03. The van der Waals surface area contributed by atoms with Crippen molar-refractivity contribution in [3.8, 4) is 0 Å². The molecule has 0 aliphatic rings. The molecule has 0 fully saturated rings. The van der Waals surface area contributed by atoms with Crippen LogP contribution in [0.5, 0.6) is 0 Å². The standard InChI is InChI=1S/C15H13N3O6/c1-21-14(19)9-3-5-11-12(7-9)18(17-16-11)23-8-10-4-6-13(24-10)15(20)22-2/h3-7H,8H2,1-2H3. The molecule has 3 aromatic rings. The molecule has 0 saturated heterocycles. The number of ether oxygens (including phenoxy) is 2. The van der Waals surface area contributed by atoms with Gasteiger partial charge in [0.1, 0.15) is 16.8 Å². The van der Waals surface area contributed by atoms with Crippen molar-refractivity contribution < 1.29 is 28.3 Å². The second-order valence-electron chi connectivity index (χ2n) is 4.69.